The zero-order valence-electron chi connectivity index (χ0n) is 6.28. The van der Waals surface area contributed by atoms with Crippen molar-refractivity contribution in [3.8, 4) is 0 Å². The van der Waals surface area contributed by atoms with Crippen molar-refractivity contribution in [2.75, 3.05) is 5.88 Å². The number of allylic oxidation sites excluding steroid dienone is 1. The van der Waals surface area contributed by atoms with E-state index in [4.69, 9.17) is 11.6 Å². The first kappa shape index (κ1) is 9.03. The first-order valence-corrected chi connectivity index (χ1v) is 3.91. The molecule has 0 fully saturated rings. The summed E-state index contributed by atoms with van der Waals surface area (Å²) in [6.07, 6.45) is 4.26. The van der Waals surface area contributed by atoms with Gasteiger partial charge in [-0.3, -0.25) is 0 Å². The third-order valence-electron chi connectivity index (χ3n) is 1.62. The lowest BCUT2D eigenvalue weighted by Gasteiger charge is -2.20. The van der Waals surface area contributed by atoms with Crippen molar-refractivity contribution >= 4 is 11.6 Å². The standard InChI is InChI=1S/C8H15Cl/c1-4-6-8(3,5-2)7-9/h5H,2,4,6-7H2,1,3H3. The Morgan fingerprint density at radius 3 is 2.33 bits per heavy atom. The molecule has 1 unspecified atom stereocenters. The third-order valence-corrected chi connectivity index (χ3v) is 2.23. The fourth-order valence-corrected chi connectivity index (χ4v) is 1.04. The van der Waals surface area contributed by atoms with Gasteiger partial charge in [0.1, 0.15) is 0 Å². The molecule has 0 bridgehead atoms. The van der Waals surface area contributed by atoms with Crippen LogP contribution in [0, 0.1) is 5.41 Å². The van der Waals surface area contributed by atoms with Crippen LogP contribution in [0.5, 0.6) is 0 Å². The van der Waals surface area contributed by atoms with Crippen LogP contribution in [0.4, 0.5) is 0 Å². The summed E-state index contributed by atoms with van der Waals surface area (Å²) in [5.41, 5.74) is 0.163. The van der Waals surface area contributed by atoms with Crippen molar-refractivity contribution in [2.45, 2.75) is 26.7 Å². The fourth-order valence-electron chi connectivity index (χ4n) is 0.795. The summed E-state index contributed by atoms with van der Waals surface area (Å²) >= 11 is 5.72. The molecule has 1 heteroatoms. The van der Waals surface area contributed by atoms with E-state index >= 15 is 0 Å². The van der Waals surface area contributed by atoms with Crippen molar-refractivity contribution in [2.24, 2.45) is 5.41 Å². The summed E-state index contributed by atoms with van der Waals surface area (Å²) < 4.78 is 0. The highest BCUT2D eigenvalue weighted by molar-refractivity contribution is 6.18. The predicted octanol–water partition coefficient (Wildman–Crippen LogP) is 3.22. The molecular formula is C8H15Cl. The van der Waals surface area contributed by atoms with E-state index in [1.54, 1.807) is 0 Å². The molecule has 0 saturated heterocycles. The minimum absolute atomic E-state index is 0.163. The van der Waals surface area contributed by atoms with Crippen LogP contribution in [0.15, 0.2) is 12.7 Å². The smallest absolute Gasteiger partial charge is 0.0311 e. The number of rotatable bonds is 4. The van der Waals surface area contributed by atoms with Crippen LogP contribution in [0.3, 0.4) is 0 Å². The van der Waals surface area contributed by atoms with Gasteiger partial charge in [0.25, 0.3) is 0 Å². The minimum atomic E-state index is 0.163. The van der Waals surface area contributed by atoms with Crippen molar-refractivity contribution in [3.05, 3.63) is 12.7 Å². The van der Waals surface area contributed by atoms with Gasteiger partial charge in [-0.05, 0) is 11.8 Å². The Hall–Kier alpha value is 0.0300. The van der Waals surface area contributed by atoms with E-state index in [0.29, 0.717) is 5.88 Å². The van der Waals surface area contributed by atoms with Crippen LogP contribution in [0.1, 0.15) is 26.7 Å². The molecule has 0 amide bonds. The zero-order chi connectivity index (χ0) is 7.33. The van der Waals surface area contributed by atoms with E-state index in [9.17, 15) is 0 Å². The second kappa shape index (κ2) is 3.94. The second-order valence-electron chi connectivity index (χ2n) is 2.74. The SMILES string of the molecule is C=CC(C)(CCl)CCC. The quantitative estimate of drug-likeness (QED) is 0.422. The monoisotopic (exact) mass is 146 g/mol. The van der Waals surface area contributed by atoms with Crippen LogP contribution in [-0.4, -0.2) is 5.88 Å². The van der Waals surface area contributed by atoms with Gasteiger partial charge in [-0.15, -0.1) is 18.2 Å². The number of hydrogen-bond acceptors (Lipinski definition) is 0. The minimum Gasteiger partial charge on any atom is -0.126 e. The number of hydrogen-bond donors (Lipinski definition) is 0. The van der Waals surface area contributed by atoms with Gasteiger partial charge in [0.05, 0.1) is 0 Å². The van der Waals surface area contributed by atoms with Gasteiger partial charge < -0.3 is 0 Å². The molecule has 0 aliphatic carbocycles. The topological polar surface area (TPSA) is 0 Å². The van der Waals surface area contributed by atoms with Gasteiger partial charge in [0.15, 0.2) is 0 Å². The van der Waals surface area contributed by atoms with E-state index in [-0.39, 0.29) is 5.41 Å². The zero-order valence-corrected chi connectivity index (χ0v) is 7.04. The molecular weight excluding hydrogens is 132 g/mol. The van der Waals surface area contributed by atoms with Crippen LogP contribution in [-0.2, 0) is 0 Å². The molecule has 0 aliphatic heterocycles. The average Bonchev–Trinajstić information content (AvgIpc) is 1.89. The maximum Gasteiger partial charge on any atom is 0.0311 e. The lowest BCUT2D eigenvalue weighted by Crippen LogP contribution is -2.13. The molecule has 0 spiro atoms. The maximum atomic E-state index is 5.72. The molecule has 1 atom stereocenters. The predicted molar refractivity (Wildman–Crippen MR) is 43.9 cm³/mol. The van der Waals surface area contributed by atoms with Gasteiger partial charge in [-0.1, -0.05) is 26.3 Å². The molecule has 0 aromatic heterocycles. The summed E-state index contributed by atoms with van der Waals surface area (Å²) in [4.78, 5) is 0. The summed E-state index contributed by atoms with van der Waals surface area (Å²) in [5.74, 6) is 0.685. The van der Waals surface area contributed by atoms with Crippen LogP contribution < -0.4 is 0 Å². The third kappa shape index (κ3) is 2.90. The van der Waals surface area contributed by atoms with Crippen molar-refractivity contribution < 1.29 is 0 Å². The van der Waals surface area contributed by atoms with E-state index < -0.39 is 0 Å². The molecule has 0 rings (SSSR count). The number of alkyl halides is 1. The Bertz CT molecular complexity index is 88.6. The molecule has 0 nitrogen and oxygen atoms in total. The Kier molecular flexibility index (Phi) is 3.96. The van der Waals surface area contributed by atoms with E-state index in [1.165, 1.54) is 6.42 Å². The first-order valence-electron chi connectivity index (χ1n) is 3.38. The number of halogens is 1. The summed E-state index contributed by atoms with van der Waals surface area (Å²) in [7, 11) is 0. The second-order valence-corrected chi connectivity index (χ2v) is 3.01. The van der Waals surface area contributed by atoms with E-state index in [2.05, 4.69) is 20.4 Å². The lowest BCUT2D eigenvalue weighted by atomic mass is 9.88. The maximum absolute atomic E-state index is 5.72. The largest absolute Gasteiger partial charge is 0.126 e. The molecule has 54 valence electrons. The lowest BCUT2D eigenvalue weighted by molar-refractivity contribution is 0.439. The normalized spacial score (nSPS) is 16.8. The fraction of sp³-hybridized carbons (Fsp3) is 0.750. The molecule has 0 aromatic carbocycles. The van der Waals surface area contributed by atoms with Crippen LogP contribution >= 0.6 is 11.6 Å². The summed E-state index contributed by atoms with van der Waals surface area (Å²) in [6, 6.07) is 0. The molecule has 0 radical (unpaired) electrons. The molecule has 0 aromatic rings. The first-order chi connectivity index (χ1) is 4.18. The highest BCUT2D eigenvalue weighted by Crippen LogP contribution is 2.25. The van der Waals surface area contributed by atoms with Crippen molar-refractivity contribution in [3.63, 3.8) is 0 Å². The molecule has 0 aliphatic rings. The summed E-state index contributed by atoms with van der Waals surface area (Å²) in [6.45, 7) is 8.03. The van der Waals surface area contributed by atoms with Crippen molar-refractivity contribution in [1.29, 1.82) is 0 Å². The van der Waals surface area contributed by atoms with Gasteiger partial charge in [-0.25, -0.2) is 0 Å². The van der Waals surface area contributed by atoms with Gasteiger partial charge in [-0.2, -0.15) is 0 Å². The molecule has 9 heavy (non-hydrogen) atoms. The van der Waals surface area contributed by atoms with Gasteiger partial charge in [0, 0.05) is 5.88 Å². The van der Waals surface area contributed by atoms with Crippen LogP contribution in [0.25, 0.3) is 0 Å². The van der Waals surface area contributed by atoms with Crippen LogP contribution in [0.2, 0.25) is 0 Å². The summed E-state index contributed by atoms with van der Waals surface area (Å²) in [5, 5.41) is 0. The molecule has 0 saturated carbocycles. The van der Waals surface area contributed by atoms with E-state index in [0.717, 1.165) is 6.42 Å². The Morgan fingerprint density at radius 1 is 1.67 bits per heavy atom. The highest BCUT2D eigenvalue weighted by Gasteiger charge is 2.16. The Morgan fingerprint density at radius 2 is 2.22 bits per heavy atom. The van der Waals surface area contributed by atoms with Crippen molar-refractivity contribution in [1.82, 2.24) is 0 Å². The highest BCUT2D eigenvalue weighted by atomic mass is 35.5. The average molecular weight is 147 g/mol. The Labute approximate surface area is 62.9 Å². The van der Waals surface area contributed by atoms with E-state index in [1.807, 2.05) is 6.08 Å². The molecule has 0 N–H and O–H groups in total. The van der Waals surface area contributed by atoms with Gasteiger partial charge >= 0.3 is 0 Å². The van der Waals surface area contributed by atoms with Gasteiger partial charge in [0.2, 0.25) is 0 Å². The Balaban J connectivity index is 3.76. The molecule has 0 heterocycles.